The third-order valence-electron chi connectivity index (χ3n) is 5.76. The van der Waals surface area contributed by atoms with Gasteiger partial charge in [0.05, 0.1) is 25.7 Å². The first-order valence-corrected chi connectivity index (χ1v) is 11.9. The van der Waals surface area contributed by atoms with Gasteiger partial charge in [-0.2, -0.15) is 0 Å². The van der Waals surface area contributed by atoms with E-state index < -0.39 is 22.2 Å². The minimum atomic E-state index is -0.812. The summed E-state index contributed by atoms with van der Waals surface area (Å²) in [5.74, 6) is 0.425. The highest BCUT2D eigenvalue weighted by atomic mass is 32.2. The van der Waals surface area contributed by atoms with E-state index in [0.29, 0.717) is 17.1 Å². The van der Waals surface area contributed by atoms with Crippen molar-refractivity contribution in [1.82, 2.24) is 4.90 Å². The van der Waals surface area contributed by atoms with Crippen LogP contribution in [0.25, 0.3) is 0 Å². The number of nitro benzene ring substituents is 1. The van der Waals surface area contributed by atoms with Crippen molar-refractivity contribution in [2.24, 2.45) is 0 Å². The molecule has 0 spiro atoms. The molecule has 186 valence electrons. The summed E-state index contributed by atoms with van der Waals surface area (Å²) < 4.78 is 16.2. The van der Waals surface area contributed by atoms with Crippen LogP contribution in [-0.2, 0) is 27.5 Å². The Morgan fingerprint density at radius 2 is 1.75 bits per heavy atom. The second-order valence-electron chi connectivity index (χ2n) is 7.97. The second-order valence-corrected chi connectivity index (χ2v) is 9.19. The molecule has 2 atom stereocenters. The Hall–Kier alpha value is -4.05. The number of hydrogen-bond donors (Lipinski definition) is 0. The Kier molecular flexibility index (Phi) is 7.74. The quantitative estimate of drug-likeness (QED) is 0.173. The number of ether oxygens (including phenoxy) is 3. The fourth-order valence-corrected chi connectivity index (χ4v) is 5.05. The van der Waals surface area contributed by atoms with Gasteiger partial charge in [-0.05, 0) is 42.0 Å². The number of likely N-dealkylation sites (tertiary alicyclic amines) is 1. The number of amides is 1. The Labute approximate surface area is 212 Å². The Morgan fingerprint density at radius 1 is 1.03 bits per heavy atom. The number of methoxy groups -OCH3 is 2. The molecule has 10 heteroatoms. The minimum absolute atomic E-state index is 0.0476. The van der Waals surface area contributed by atoms with Gasteiger partial charge in [0.15, 0.2) is 6.04 Å². The van der Waals surface area contributed by atoms with E-state index in [1.807, 2.05) is 30.3 Å². The van der Waals surface area contributed by atoms with E-state index in [1.54, 1.807) is 25.3 Å². The standard InChI is InChI=1S/C26H24N2O7S/c1-33-20-13-10-18(22(14-20)34-2)15-27-23(24(25(27)29)36-21-6-4-3-5-7-21)26(30)35-16-17-8-11-19(12-9-17)28(31)32/h3-14,23-24H,15-16H2,1-2H3. The zero-order chi connectivity index (χ0) is 25.7. The lowest BCUT2D eigenvalue weighted by Gasteiger charge is -2.45. The van der Waals surface area contributed by atoms with Crippen LogP contribution in [0.5, 0.6) is 11.5 Å². The van der Waals surface area contributed by atoms with Crippen molar-refractivity contribution in [2.75, 3.05) is 14.2 Å². The van der Waals surface area contributed by atoms with Gasteiger partial charge >= 0.3 is 5.97 Å². The zero-order valence-electron chi connectivity index (χ0n) is 19.7. The number of non-ortho nitro benzene ring substituents is 1. The first-order chi connectivity index (χ1) is 17.4. The predicted molar refractivity (Wildman–Crippen MR) is 133 cm³/mol. The van der Waals surface area contributed by atoms with E-state index in [-0.39, 0.29) is 24.7 Å². The van der Waals surface area contributed by atoms with Crippen LogP contribution in [-0.4, -0.2) is 47.2 Å². The number of rotatable bonds is 10. The molecule has 0 bridgehead atoms. The second kappa shape index (κ2) is 11.1. The van der Waals surface area contributed by atoms with Gasteiger partial charge in [-0.1, -0.05) is 18.2 Å². The largest absolute Gasteiger partial charge is 0.497 e. The lowest BCUT2D eigenvalue weighted by Crippen LogP contribution is -2.66. The molecular weight excluding hydrogens is 484 g/mol. The van der Waals surface area contributed by atoms with Crippen LogP contribution < -0.4 is 9.47 Å². The molecule has 9 nitrogen and oxygen atoms in total. The van der Waals surface area contributed by atoms with Crippen molar-refractivity contribution in [2.45, 2.75) is 29.3 Å². The summed E-state index contributed by atoms with van der Waals surface area (Å²) in [6, 6.07) is 19.6. The van der Waals surface area contributed by atoms with Crippen LogP contribution in [0, 0.1) is 10.1 Å². The molecule has 1 aliphatic heterocycles. The summed E-state index contributed by atoms with van der Waals surface area (Å²) >= 11 is 1.31. The zero-order valence-corrected chi connectivity index (χ0v) is 20.5. The summed E-state index contributed by atoms with van der Waals surface area (Å²) in [5.41, 5.74) is 1.28. The van der Waals surface area contributed by atoms with Crippen molar-refractivity contribution in [1.29, 1.82) is 0 Å². The van der Waals surface area contributed by atoms with E-state index in [1.165, 1.54) is 48.0 Å². The van der Waals surface area contributed by atoms with E-state index in [4.69, 9.17) is 14.2 Å². The third kappa shape index (κ3) is 5.44. The molecule has 3 aromatic carbocycles. The fourth-order valence-electron chi connectivity index (χ4n) is 3.82. The summed E-state index contributed by atoms with van der Waals surface area (Å²) in [7, 11) is 3.08. The number of carbonyl (C=O) groups excluding carboxylic acids is 2. The van der Waals surface area contributed by atoms with Gasteiger partial charge in [0.25, 0.3) is 5.69 Å². The van der Waals surface area contributed by atoms with Gasteiger partial charge < -0.3 is 19.1 Å². The van der Waals surface area contributed by atoms with Gasteiger partial charge in [0.2, 0.25) is 5.91 Å². The molecule has 0 radical (unpaired) electrons. The molecule has 0 aromatic heterocycles. The SMILES string of the molecule is COc1ccc(CN2C(=O)C(Sc3ccccc3)C2C(=O)OCc2ccc([N+](=O)[O-])cc2)c(OC)c1. The first-order valence-electron chi connectivity index (χ1n) is 11.0. The molecule has 0 saturated carbocycles. The van der Waals surface area contributed by atoms with E-state index in [0.717, 1.165) is 10.5 Å². The number of carbonyl (C=O) groups is 2. The first kappa shape index (κ1) is 25.1. The maximum Gasteiger partial charge on any atom is 0.330 e. The maximum absolute atomic E-state index is 13.2. The molecule has 1 heterocycles. The molecule has 1 fully saturated rings. The molecule has 1 saturated heterocycles. The monoisotopic (exact) mass is 508 g/mol. The number of benzene rings is 3. The lowest BCUT2D eigenvalue weighted by atomic mass is 9.99. The summed E-state index contributed by atoms with van der Waals surface area (Å²) in [5, 5.41) is 10.2. The normalized spacial score (nSPS) is 16.7. The number of β-lactam (4-membered cyclic amide) rings is 1. The molecule has 0 N–H and O–H groups in total. The number of hydrogen-bond acceptors (Lipinski definition) is 8. The van der Waals surface area contributed by atoms with Crippen molar-refractivity contribution in [3.05, 3.63) is 94.0 Å². The van der Waals surface area contributed by atoms with Crippen molar-refractivity contribution in [3.63, 3.8) is 0 Å². The molecule has 0 aliphatic carbocycles. The highest BCUT2D eigenvalue weighted by molar-refractivity contribution is 8.00. The maximum atomic E-state index is 13.2. The van der Waals surface area contributed by atoms with Crippen LogP contribution in [0.15, 0.2) is 77.7 Å². The van der Waals surface area contributed by atoms with Crippen molar-refractivity contribution in [3.8, 4) is 11.5 Å². The average molecular weight is 509 g/mol. The molecular formula is C26H24N2O7S. The van der Waals surface area contributed by atoms with E-state index in [2.05, 4.69) is 0 Å². The Bertz CT molecular complexity index is 1250. The lowest BCUT2D eigenvalue weighted by molar-refractivity contribution is -0.384. The third-order valence-corrected chi connectivity index (χ3v) is 7.02. The molecule has 3 aromatic rings. The van der Waals surface area contributed by atoms with E-state index >= 15 is 0 Å². The summed E-state index contributed by atoms with van der Waals surface area (Å²) in [4.78, 5) is 39.0. The topological polar surface area (TPSA) is 108 Å². The van der Waals surface area contributed by atoms with Crippen LogP contribution in [0.1, 0.15) is 11.1 Å². The molecule has 1 amide bonds. The highest BCUT2D eigenvalue weighted by Gasteiger charge is 2.53. The van der Waals surface area contributed by atoms with Crippen LogP contribution in [0.4, 0.5) is 5.69 Å². The Balaban J connectivity index is 1.52. The van der Waals surface area contributed by atoms with Crippen LogP contribution >= 0.6 is 11.8 Å². The number of nitro groups is 1. The molecule has 4 rings (SSSR count). The fraction of sp³-hybridized carbons (Fsp3) is 0.231. The molecule has 36 heavy (non-hydrogen) atoms. The van der Waals surface area contributed by atoms with Gasteiger partial charge in [0, 0.05) is 28.7 Å². The summed E-state index contributed by atoms with van der Waals surface area (Å²) in [6.45, 7) is 0.0963. The van der Waals surface area contributed by atoms with Crippen molar-refractivity contribution < 1.29 is 28.7 Å². The van der Waals surface area contributed by atoms with Gasteiger partial charge in [-0.15, -0.1) is 11.8 Å². The van der Waals surface area contributed by atoms with Crippen molar-refractivity contribution >= 4 is 29.3 Å². The van der Waals surface area contributed by atoms with Crippen LogP contribution in [0.3, 0.4) is 0 Å². The molecule has 1 aliphatic rings. The summed E-state index contributed by atoms with van der Waals surface area (Å²) in [6.07, 6.45) is 0. The number of esters is 1. The minimum Gasteiger partial charge on any atom is -0.497 e. The number of thioether (sulfide) groups is 1. The molecule has 2 unspecified atom stereocenters. The predicted octanol–water partition coefficient (Wildman–Crippen LogP) is 4.23. The smallest absolute Gasteiger partial charge is 0.330 e. The Morgan fingerprint density at radius 3 is 2.39 bits per heavy atom. The average Bonchev–Trinajstić information content (AvgIpc) is 2.91. The van der Waals surface area contributed by atoms with Gasteiger partial charge in [-0.3, -0.25) is 14.9 Å². The van der Waals surface area contributed by atoms with Crippen LogP contribution in [0.2, 0.25) is 0 Å². The van der Waals surface area contributed by atoms with E-state index in [9.17, 15) is 19.7 Å². The highest BCUT2D eigenvalue weighted by Crippen LogP contribution is 2.39. The number of nitrogens with zero attached hydrogens (tertiary/aromatic N) is 2. The van der Waals surface area contributed by atoms with Gasteiger partial charge in [0.1, 0.15) is 23.4 Å². The van der Waals surface area contributed by atoms with Gasteiger partial charge in [-0.25, -0.2) is 4.79 Å².